The molecular formula is C19H20O. The average molecular weight is 264 g/mol. The van der Waals surface area contributed by atoms with Gasteiger partial charge in [0, 0.05) is 5.92 Å². The first-order chi connectivity index (χ1) is 9.66. The molecule has 20 heavy (non-hydrogen) atoms. The molecule has 2 rings (SSSR count). The smallest absolute Gasteiger partial charge is 0.114 e. The van der Waals surface area contributed by atoms with E-state index in [0.29, 0.717) is 0 Å². The van der Waals surface area contributed by atoms with Gasteiger partial charge in [-0.15, -0.1) is 6.58 Å². The second-order valence-electron chi connectivity index (χ2n) is 4.96. The van der Waals surface area contributed by atoms with Crippen molar-refractivity contribution in [2.24, 2.45) is 5.92 Å². The van der Waals surface area contributed by atoms with E-state index in [1.807, 2.05) is 79.7 Å². The van der Waals surface area contributed by atoms with Crippen molar-refractivity contribution in [3.8, 4) is 0 Å². The first-order valence-corrected chi connectivity index (χ1v) is 6.81. The normalized spacial score (nSPS) is 15.7. The van der Waals surface area contributed by atoms with Gasteiger partial charge in [-0.05, 0) is 17.2 Å². The molecule has 1 heteroatoms. The summed E-state index contributed by atoms with van der Waals surface area (Å²) in [7, 11) is 0. The van der Waals surface area contributed by atoms with Crippen molar-refractivity contribution in [2.75, 3.05) is 0 Å². The highest BCUT2D eigenvalue weighted by Crippen LogP contribution is 2.32. The minimum absolute atomic E-state index is 0.0788. The summed E-state index contributed by atoms with van der Waals surface area (Å²) in [4.78, 5) is 0. The average Bonchev–Trinajstić information content (AvgIpc) is 2.53. The zero-order valence-corrected chi connectivity index (χ0v) is 11.7. The first kappa shape index (κ1) is 14.3. The van der Waals surface area contributed by atoms with Gasteiger partial charge >= 0.3 is 0 Å². The number of aliphatic hydroxyl groups is 1. The number of benzene rings is 2. The SMILES string of the molecule is C=C[C@@H](C)[C@](O)(/C=C/c1ccccc1)c1ccccc1. The molecule has 102 valence electrons. The van der Waals surface area contributed by atoms with Crippen LogP contribution in [0.2, 0.25) is 0 Å². The summed E-state index contributed by atoms with van der Waals surface area (Å²) in [6, 6.07) is 19.7. The highest BCUT2D eigenvalue weighted by Gasteiger charge is 2.30. The molecule has 2 aromatic rings. The molecule has 0 aliphatic heterocycles. The van der Waals surface area contributed by atoms with Crippen LogP contribution in [-0.4, -0.2) is 5.11 Å². The summed E-state index contributed by atoms with van der Waals surface area (Å²) < 4.78 is 0. The van der Waals surface area contributed by atoms with Gasteiger partial charge in [-0.2, -0.15) is 0 Å². The van der Waals surface area contributed by atoms with Gasteiger partial charge in [-0.1, -0.05) is 79.7 Å². The number of hydrogen-bond donors (Lipinski definition) is 1. The van der Waals surface area contributed by atoms with Crippen LogP contribution in [0, 0.1) is 5.92 Å². The van der Waals surface area contributed by atoms with Crippen molar-refractivity contribution < 1.29 is 5.11 Å². The molecule has 0 aliphatic carbocycles. The summed E-state index contributed by atoms with van der Waals surface area (Å²) in [5.74, 6) is -0.0788. The molecule has 0 bridgehead atoms. The van der Waals surface area contributed by atoms with Crippen LogP contribution in [0.15, 0.2) is 79.4 Å². The van der Waals surface area contributed by atoms with E-state index in [2.05, 4.69) is 6.58 Å². The van der Waals surface area contributed by atoms with Crippen molar-refractivity contribution in [3.05, 3.63) is 90.5 Å². The molecule has 0 fully saturated rings. The summed E-state index contributed by atoms with van der Waals surface area (Å²) in [5, 5.41) is 11.1. The van der Waals surface area contributed by atoms with Crippen LogP contribution in [0.5, 0.6) is 0 Å². The second-order valence-corrected chi connectivity index (χ2v) is 4.96. The molecule has 0 spiro atoms. The lowest BCUT2D eigenvalue weighted by atomic mass is 9.81. The third kappa shape index (κ3) is 3.06. The van der Waals surface area contributed by atoms with Crippen LogP contribution in [0.1, 0.15) is 18.1 Å². The Morgan fingerprint density at radius 1 is 1.00 bits per heavy atom. The van der Waals surface area contributed by atoms with Crippen molar-refractivity contribution in [3.63, 3.8) is 0 Å². The van der Waals surface area contributed by atoms with E-state index in [1.54, 1.807) is 6.08 Å². The molecule has 0 heterocycles. The molecule has 0 saturated heterocycles. The first-order valence-electron chi connectivity index (χ1n) is 6.81. The number of hydrogen-bond acceptors (Lipinski definition) is 1. The van der Waals surface area contributed by atoms with Crippen molar-refractivity contribution in [1.82, 2.24) is 0 Å². The van der Waals surface area contributed by atoms with E-state index >= 15 is 0 Å². The molecular weight excluding hydrogens is 244 g/mol. The van der Waals surface area contributed by atoms with Gasteiger partial charge in [0.2, 0.25) is 0 Å². The van der Waals surface area contributed by atoms with Crippen LogP contribution in [-0.2, 0) is 5.60 Å². The molecule has 1 nitrogen and oxygen atoms in total. The summed E-state index contributed by atoms with van der Waals surface area (Å²) in [5.41, 5.74) is 0.900. The second kappa shape index (κ2) is 6.36. The molecule has 0 radical (unpaired) electrons. The molecule has 0 aromatic heterocycles. The minimum atomic E-state index is -1.04. The van der Waals surface area contributed by atoms with Gasteiger partial charge in [-0.3, -0.25) is 0 Å². The molecule has 0 saturated carbocycles. The van der Waals surface area contributed by atoms with Gasteiger partial charge in [0.15, 0.2) is 0 Å². The van der Waals surface area contributed by atoms with Crippen molar-refractivity contribution in [2.45, 2.75) is 12.5 Å². The Kier molecular flexibility index (Phi) is 4.54. The molecule has 2 aromatic carbocycles. The minimum Gasteiger partial charge on any atom is -0.380 e. The molecule has 0 unspecified atom stereocenters. The van der Waals surface area contributed by atoms with E-state index in [-0.39, 0.29) is 5.92 Å². The fourth-order valence-electron chi connectivity index (χ4n) is 2.18. The quantitative estimate of drug-likeness (QED) is 0.793. The highest BCUT2D eigenvalue weighted by molar-refractivity contribution is 5.51. The van der Waals surface area contributed by atoms with Gasteiger partial charge in [0.1, 0.15) is 5.60 Å². The van der Waals surface area contributed by atoms with Gasteiger partial charge in [0.25, 0.3) is 0 Å². The highest BCUT2D eigenvalue weighted by atomic mass is 16.3. The van der Waals surface area contributed by atoms with Crippen molar-refractivity contribution >= 4 is 6.08 Å². The molecule has 1 N–H and O–H groups in total. The van der Waals surface area contributed by atoms with E-state index in [0.717, 1.165) is 11.1 Å². The van der Waals surface area contributed by atoms with E-state index in [9.17, 15) is 5.11 Å². The maximum absolute atomic E-state index is 11.1. The Bertz CT molecular complexity index is 571. The molecule has 0 aliphatic rings. The lowest BCUT2D eigenvalue weighted by molar-refractivity contribution is 0.0527. The Balaban J connectivity index is 2.38. The number of rotatable bonds is 5. The Hall–Kier alpha value is -2.12. The zero-order chi connectivity index (χ0) is 14.4. The van der Waals surface area contributed by atoms with E-state index in [4.69, 9.17) is 0 Å². The van der Waals surface area contributed by atoms with Crippen molar-refractivity contribution in [1.29, 1.82) is 0 Å². The van der Waals surface area contributed by atoms with Crippen LogP contribution >= 0.6 is 0 Å². The van der Waals surface area contributed by atoms with E-state index < -0.39 is 5.60 Å². The Morgan fingerprint density at radius 3 is 2.10 bits per heavy atom. The van der Waals surface area contributed by atoms with Gasteiger partial charge < -0.3 is 5.11 Å². The zero-order valence-electron chi connectivity index (χ0n) is 11.7. The van der Waals surface area contributed by atoms with Crippen LogP contribution in [0.4, 0.5) is 0 Å². The standard InChI is InChI=1S/C19H20O/c1-3-16(2)19(20,18-12-8-5-9-13-18)15-14-17-10-6-4-7-11-17/h3-16,20H,1H2,2H3/b15-14+/t16-,19-/m1/s1. The fraction of sp³-hybridized carbons (Fsp3) is 0.158. The maximum atomic E-state index is 11.1. The summed E-state index contributed by atoms with van der Waals surface area (Å²) in [6.07, 6.45) is 5.58. The summed E-state index contributed by atoms with van der Waals surface area (Å²) >= 11 is 0. The third-order valence-electron chi connectivity index (χ3n) is 3.61. The van der Waals surface area contributed by atoms with Crippen LogP contribution in [0.3, 0.4) is 0 Å². The monoisotopic (exact) mass is 264 g/mol. The van der Waals surface area contributed by atoms with Gasteiger partial charge in [-0.25, -0.2) is 0 Å². The van der Waals surface area contributed by atoms with E-state index in [1.165, 1.54) is 0 Å². The molecule has 2 atom stereocenters. The lowest BCUT2D eigenvalue weighted by Crippen LogP contribution is -2.30. The summed E-state index contributed by atoms with van der Waals surface area (Å²) in [6.45, 7) is 5.78. The Morgan fingerprint density at radius 2 is 1.55 bits per heavy atom. The van der Waals surface area contributed by atoms with Gasteiger partial charge in [0.05, 0.1) is 0 Å². The van der Waals surface area contributed by atoms with Crippen LogP contribution < -0.4 is 0 Å². The molecule has 0 amide bonds. The van der Waals surface area contributed by atoms with Crippen LogP contribution in [0.25, 0.3) is 6.08 Å². The lowest BCUT2D eigenvalue weighted by Gasteiger charge is -2.30. The third-order valence-corrected chi connectivity index (χ3v) is 3.61. The Labute approximate surface area is 120 Å². The predicted octanol–water partition coefficient (Wildman–Crippen LogP) is 4.41. The topological polar surface area (TPSA) is 20.2 Å². The predicted molar refractivity (Wildman–Crippen MR) is 85.2 cm³/mol. The fourth-order valence-corrected chi connectivity index (χ4v) is 2.18. The maximum Gasteiger partial charge on any atom is 0.114 e. The largest absolute Gasteiger partial charge is 0.380 e.